The van der Waals surface area contributed by atoms with Crippen LogP contribution >= 0.6 is 0 Å². The molecular formula is C66H112O6. The number of hydrogen-bond donors (Lipinski definition) is 0. The molecular weight excluding hydrogens is 889 g/mol. The number of carbonyl (C=O) groups excluding carboxylic acids is 3. The van der Waals surface area contributed by atoms with E-state index in [0.29, 0.717) is 19.3 Å². The summed E-state index contributed by atoms with van der Waals surface area (Å²) in [7, 11) is 0. The summed E-state index contributed by atoms with van der Waals surface area (Å²) in [5, 5.41) is 0. The molecule has 1 atom stereocenters. The molecule has 412 valence electrons. The van der Waals surface area contributed by atoms with Gasteiger partial charge in [-0.1, -0.05) is 259 Å². The SMILES string of the molecule is CC/C=C\C/C=C\C/C=C\C/C=C\C/C=C\C/C=C\CCCCCCCCCCC(=O)OCC(COC(=O)CCCCCCCCCCCC)OC(=O)CCCCCCCCC/C=C\C/C=C\CCCCC. The van der Waals surface area contributed by atoms with Gasteiger partial charge in [0.2, 0.25) is 0 Å². The molecule has 0 aliphatic rings. The van der Waals surface area contributed by atoms with E-state index in [1.165, 1.54) is 128 Å². The summed E-state index contributed by atoms with van der Waals surface area (Å²) < 4.78 is 16.9. The Morgan fingerprint density at radius 3 is 0.875 bits per heavy atom. The minimum atomic E-state index is -0.784. The van der Waals surface area contributed by atoms with Crippen molar-refractivity contribution in [2.45, 2.75) is 290 Å². The third-order valence-corrected chi connectivity index (χ3v) is 12.8. The van der Waals surface area contributed by atoms with Crippen molar-refractivity contribution in [1.82, 2.24) is 0 Å². The smallest absolute Gasteiger partial charge is 0.306 e. The van der Waals surface area contributed by atoms with Gasteiger partial charge in [-0.05, 0) is 103 Å². The zero-order chi connectivity index (χ0) is 52.2. The summed E-state index contributed by atoms with van der Waals surface area (Å²) >= 11 is 0. The highest BCUT2D eigenvalue weighted by atomic mass is 16.6. The van der Waals surface area contributed by atoms with Crippen LogP contribution in [0.2, 0.25) is 0 Å². The van der Waals surface area contributed by atoms with Gasteiger partial charge >= 0.3 is 17.9 Å². The summed E-state index contributed by atoms with van der Waals surface area (Å²) in [5.41, 5.74) is 0. The van der Waals surface area contributed by atoms with Gasteiger partial charge in [-0.2, -0.15) is 0 Å². The lowest BCUT2D eigenvalue weighted by Crippen LogP contribution is -2.30. The number of rotatable bonds is 54. The van der Waals surface area contributed by atoms with Gasteiger partial charge in [0.05, 0.1) is 0 Å². The second-order valence-corrected chi connectivity index (χ2v) is 19.9. The van der Waals surface area contributed by atoms with Crippen LogP contribution in [0.4, 0.5) is 0 Å². The summed E-state index contributed by atoms with van der Waals surface area (Å²) in [4.78, 5) is 38.1. The van der Waals surface area contributed by atoms with Gasteiger partial charge in [0.1, 0.15) is 13.2 Å². The van der Waals surface area contributed by atoms with E-state index in [2.05, 4.69) is 118 Å². The maximum absolute atomic E-state index is 12.9. The number of hydrogen-bond acceptors (Lipinski definition) is 6. The number of unbranched alkanes of at least 4 members (excludes halogenated alkanes) is 27. The van der Waals surface area contributed by atoms with Crippen molar-refractivity contribution in [3.8, 4) is 0 Å². The van der Waals surface area contributed by atoms with E-state index in [-0.39, 0.29) is 31.1 Å². The monoisotopic (exact) mass is 1000 g/mol. The summed E-state index contributed by atoms with van der Waals surface area (Å²) in [5.74, 6) is -0.894. The van der Waals surface area contributed by atoms with Crippen molar-refractivity contribution >= 4 is 17.9 Å². The van der Waals surface area contributed by atoms with E-state index in [1.54, 1.807) is 0 Å². The quantitative estimate of drug-likeness (QED) is 0.0261. The first-order valence-electron chi connectivity index (χ1n) is 30.2. The van der Waals surface area contributed by atoms with E-state index in [0.717, 1.165) is 116 Å². The zero-order valence-corrected chi connectivity index (χ0v) is 47.2. The van der Waals surface area contributed by atoms with Gasteiger partial charge < -0.3 is 14.2 Å². The lowest BCUT2D eigenvalue weighted by atomic mass is 10.1. The predicted molar refractivity (Wildman–Crippen MR) is 311 cm³/mol. The van der Waals surface area contributed by atoms with E-state index in [4.69, 9.17) is 14.2 Å². The molecule has 0 aliphatic heterocycles. The molecule has 0 saturated carbocycles. The Morgan fingerprint density at radius 2 is 0.542 bits per heavy atom. The molecule has 0 rings (SSSR count). The van der Waals surface area contributed by atoms with Crippen molar-refractivity contribution in [1.29, 1.82) is 0 Å². The molecule has 0 aromatic rings. The Balaban J connectivity index is 4.28. The molecule has 0 fully saturated rings. The fourth-order valence-corrected chi connectivity index (χ4v) is 8.30. The van der Waals surface area contributed by atoms with Crippen LogP contribution in [0.3, 0.4) is 0 Å². The third-order valence-electron chi connectivity index (χ3n) is 12.8. The molecule has 0 spiro atoms. The van der Waals surface area contributed by atoms with Gasteiger partial charge in [-0.15, -0.1) is 0 Å². The molecule has 0 amide bonds. The topological polar surface area (TPSA) is 78.9 Å². The van der Waals surface area contributed by atoms with Crippen LogP contribution in [-0.4, -0.2) is 37.2 Å². The van der Waals surface area contributed by atoms with Crippen LogP contribution < -0.4 is 0 Å². The van der Waals surface area contributed by atoms with Crippen molar-refractivity contribution in [3.63, 3.8) is 0 Å². The van der Waals surface area contributed by atoms with Crippen LogP contribution in [0.25, 0.3) is 0 Å². The summed E-state index contributed by atoms with van der Waals surface area (Å²) in [6, 6.07) is 0. The lowest BCUT2D eigenvalue weighted by molar-refractivity contribution is -0.167. The highest BCUT2D eigenvalue weighted by molar-refractivity contribution is 5.71. The van der Waals surface area contributed by atoms with Crippen LogP contribution in [0, 0.1) is 0 Å². The molecule has 72 heavy (non-hydrogen) atoms. The lowest BCUT2D eigenvalue weighted by Gasteiger charge is -2.18. The van der Waals surface area contributed by atoms with Crippen molar-refractivity contribution in [3.05, 3.63) is 97.2 Å². The Bertz CT molecular complexity index is 1430. The van der Waals surface area contributed by atoms with Crippen molar-refractivity contribution < 1.29 is 28.6 Å². The minimum Gasteiger partial charge on any atom is -0.462 e. The number of esters is 3. The molecule has 6 nitrogen and oxygen atoms in total. The first-order chi connectivity index (χ1) is 35.5. The van der Waals surface area contributed by atoms with Gasteiger partial charge in [0.25, 0.3) is 0 Å². The van der Waals surface area contributed by atoms with Gasteiger partial charge in [-0.3, -0.25) is 14.4 Å². The molecule has 0 radical (unpaired) electrons. The zero-order valence-electron chi connectivity index (χ0n) is 47.2. The maximum atomic E-state index is 12.9. The molecule has 0 aromatic heterocycles. The molecule has 0 saturated heterocycles. The number of carbonyl (C=O) groups is 3. The molecule has 6 heteroatoms. The van der Waals surface area contributed by atoms with E-state index in [9.17, 15) is 14.4 Å². The molecule has 0 aromatic carbocycles. The summed E-state index contributed by atoms with van der Waals surface area (Å²) in [6.07, 6.45) is 79.7. The third kappa shape index (κ3) is 57.2. The van der Waals surface area contributed by atoms with E-state index in [1.807, 2.05) is 0 Å². The standard InChI is InChI=1S/C66H112O6/c1-4-7-10-13-16-19-22-24-26-28-29-30-31-32-33-34-35-36-37-39-40-42-44-47-50-53-56-59-65(68)71-62-63(61-70-64(67)58-55-52-49-46-21-18-15-12-9-6-3)72-66(69)60-57-54-51-48-45-43-41-38-27-25-23-20-17-14-11-8-5-2/h7,10,16-17,19-20,24-27,29-30,32-33,35-36,63H,4-6,8-9,11-15,18,21-23,28,31,34,37-62H2,1-3H3/b10-7-,19-16-,20-17-,26-24-,27-25-,30-29-,33-32-,36-35-. The van der Waals surface area contributed by atoms with Crippen LogP contribution in [-0.2, 0) is 28.6 Å². The van der Waals surface area contributed by atoms with E-state index < -0.39 is 6.10 Å². The Morgan fingerprint density at radius 1 is 0.292 bits per heavy atom. The van der Waals surface area contributed by atoms with Crippen molar-refractivity contribution in [2.24, 2.45) is 0 Å². The molecule has 0 bridgehead atoms. The second-order valence-electron chi connectivity index (χ2n) is 19.9. The number of ether oxygens (including phenoxy) is 3. The predicted octanol–water partition coefficient (Wildman–Crippen LogP) is 20.5. The normalized spacial score (nSPS) is 12.8. The molecule has 0 heterocycles. The maximum Gasteiger partial charge on any atom is 0.306 e. The Hall–Kier alpha value is -3.67. The fourth-order valence-electron chi connectivity index (χ4n) is 8.30. The van der Waals surface area contributed by atoms with E-state index >= 15 is 0 Å². The first kappa shape index (κ1) is 68.3. The average Bonchev–Trinajstić information content (AvgIpc) is 3.38. The molecule has 0 N–H and O–H groups in total. The van der Waals surface area contributed by atoms with Crippen LogP contribution in [0.15, 0.2) is 97.2 Å². The van der Waals surface area contributed by atoms with Crippen LogP contribution in [0.1, 0.15) is 284 Å². The van der Waals surface area contributed by atoms with Crippen molar-refractivity contribution in [2.75, 3.05) is 13.2 Å². The largest absolute Gasteiger partial charge is 0.462 e. The molecule has 1 unspecified atom stereocenters. The average molecular weight is 1000 g/mol. The van der Waals surface area contributed by atoms with Gasteiger partial charge in [-0.25, -0.2) is 0 Å². The number of allylic oxidation sites excluding steroid dienone is 16. The minimum absolute atomic E-state index is 0.0814. The molecule has 0 aliphatic carbocycles. The Labute approximate surface area is 445 Å². The second kappa shape index (κ2) is 59.9. The fraction of sp³-hybridized carbons (Fsp3) is 0.712. The Kier molecular flexibility index (Phi) is 56.8. The van der Waals surface area contributed by atoms with Crippen LogP contribution in [0.5, 0.6) is 0 Å². The highest BCUT2D eigenvalue weighted by Crippen LogP contribution is 2.15. The highest BCUT2D eigenvalue weighted by Gasteiger charge is 2.19. The summed E-state index contributed by atoms with van der Waals surface area (Å²) in [6.45, 7) is 6.49. The van der Waals surface area contributed by atoms with Gasteiger partial charge in [0.15, 0.2) is 6.10 Å². The van der Waals surface area contributed by atoms with Gasteiger partial charge in [0, 0.05) is 19.3 Å². The first-order valence-corrected chi connectivity index (χ1v) is 30.2.